The Morgan fingerprint density at radius 1 is 1.19 bits per heavy atom. The Morgan fingerprint density at radius 2 is 2.06 bits per heavy atom. The lowest BCUT2D eigenvalue weighted by atomic mass is 10.3. The van der Waals surface area contributed by atoms with Crippen LogP contribution >= 0.6 is 11.6 Å². The van der Waals surface area contributed by atoms with Crippen molar-refractivity contribution < 1.29 is 14.3 Å². The maximum absolute atomic E-state index is 12.8. The summed E-state index contributed by atoms with van der Waals surface area (Å²) in [7, 11) is 0. The molecule has 11 nitrogen and oxygen atoms in total. The number of amides is 1. The van der Waals surface area contributed by atoms with E-state index in [4.69, 9.17) is 21.1 Å². The van der Waals surface area contributed by atoms with E-state index in [0.717, 1.165) is 5.69 Å². The second kappa shape index (κ2) is 9.62. The number of pyridine rings is 1. The lowest BCUT2D eigenvalue weighted by Crippen LogP contribution is -2.37. The summed E-state index contributed by atoms with van der Waals surface area (Å²) in [6, 6.07) is 3.42. The quantitative estimate of drug-likeness (QED) is 0.426. The van der Waals surface area contributed by atoms with Crippen LogP contribution in [-0.2, 0) is 9.53 Å². The molecule has 4 aromatic rings. The first-order valence-electron chi connectivity index (χ1n) is 9.70. The first-order chi connectivity index (χ1) is 15.6. The second-order valence-corrected chi connectivity index (χ2v) is 6.99. The van der Waals surface area contributed by atoms with Gasteiger partial charge in [0, 0.05) is 12.8 Å². The Morgan fingerprint density at radius 3 is 2.81 bits per heavy atom. The third-order valence-corrected chi connectivity index (χ3v) is 4.62. The molecule has 1 N–H and O–H groups in total. The highest BCUT2D eigenvalue weighted by Crippen LogP contribution is 2.26. The van der Waals surface area contributed by atoms with Crippen LogP contribution in [0.2, 0.25) is 5.02 Å². The van der Waals surface area contributed by atoms with Crippen molar-refractivity contribution in [3.63, 3.8) is 0 Å². The van der Waals surface area contributed by atoms with E-state index in [9.17, 15) is 4.79 Å². The van der Waals surface area contributed by atoms with Crippen LogP contribution in [0.15, 0.2) is 43.2 Å². The normalized spacial score (nSPS) is 12.0. The maximum atomic E-state index is 12.8. The molecule has 4 heterocycles. The van der Waals surface area contributed by atoms with Gasteiger partial charge < -0.3 is 14.8 Å². The molecule has 0 fully saturated rings. The Hall–Kier alpha value is -3.70. The van der Waals surface area contributed by atoms with Gasteiger partial charge in [0.15, 0.2) is 17.3 Å². The third-order valence-electron chi connectivity index (χ3n) is 4.32. The SMILES string of the molecule is CCOCC(Oc1ncnc2c1cnn2-c1ncccc1Cl)C(=O)Nc1cnc(C)cn1. The minimum Gasteiger partial charge on any atom is -0.461 e. The van der Waals surface area contributed by atoms with Crippen LogP contribution in [0.5, 0.6) is 5.88 Å². The molecule has 12 heteroatoms. The molecule has 4 rings (SSSR count). The summed E-state index contributed by atoms with van der Waals surface area (Å²) in [6.07, 6.45) is 6.46. The van der Waals surface area contributed by atoms with Crippen LogP contribution in [0.25, 0.3) is 16.9 Å². The number of hydrogen-bond acceptors (Lipinski definition) is 9. The van der Waals surface area contributed by atoms with E-state index in [1.54, 1.807) is 31.5 Å². The fraction of sp³-hybridized carbons (Fsp3) is 0.250. The molecular weight excluding hydrogens is 436 g/mol. The fourth-order valence-corrected chi connectivity index (χ4v) is 2.99. The van der Waals surface area contributed by atoms with E-state index in [2.05, 4.69) is 35.3 Å². The topological polar surface area (TPSA) is 130 Å². The number of aryl methyl sites for hydroxylation is 1. The number of carbonyl (C=O) groups is 1. The molecule has 0 saturated heterocycles. The molecule has 0 radical (unpaired) electrons. The number of hydrogen-bond donors (Lipinski definition) is 1. The number of nitrogens with zero attached hydrogens (tertiary/aromatic N) is 7. The first kappa shape index (κ1) is 21.5. The molecule has 0 saturated carbocycles. The Balaban J connectivity index is 1.62. The average Bonchev–Trinajstić information content (AvgIpc) is 3.23. The molecule has 0 spiro atoms. The molecular formula is C20H19ClN8O3. The fourth-order valence-electron chi connectivity index (χ4n) is 2.79. The van der Waals surface area contributed by atoms with Gasteiger partial charge in [0.25, 0.3) is 5.91 Å². The predicted octanol–water partition coefficient (Wildman–Crippen LogP) is 2.38. The highest BCUT2D eigenvalue weighted by atomic mass is 35.5. The van der Waals surface area contributed by atoms with Crippen molar-refractivity contribution in [2.45, 2.75) is 20.0 Å². The van der Waals surface area contributed by atoms with Crippen molar-refractivity contribution in [1.82, 2.24) is 34.7 Å². The number of fused-ring (bicyclic) bond motifs is 1. The van der Waals surface area contributed by atoms with E-state index in [1.165, 1.54) is 23.4 Å². The monoisotopic (exact) mass is 454 g/mol. The van der Waals surface area contributed by atoms with E-state index < -0.39 is 12.0 Å². The molecule has 0 aromatic carbocycles. The summed E-state index contributed by atoms with van der Waals surface area (Å²) in [4.78, 5) is 33.8. The second-order valence-electron chi connectivity index (χ2n) is 6.58. The summed E-state index contributed by atoms with van der Waals surface area (Å²) in [6.45, 7) is 4.04. The Kier molecular flexibility index (Phi) is 6.47. The number of ether oxygens (including phenoxy) is 2. The van der Waals surface area contributed by atoms with Gasteiger partial charge in [-0.15, -0.1) is 0 Å². The number of rotatable bonds is 8. The molecule has 32 heavy (non-hydrogen) atoms. The van der Waals surface area contributed by atoms with Gasteiger partial charge in [-0.05, 0) is 26.0 Å². The lowest BCUT2D eigenvalue weighted by molar-refractivity contribution is -0.125. The van der Waals surface area contributed by atoms with Gasteiger partial charge >= 0.3 is 0 Å². The van der Waals surface area contributed by atoms with Gasteiger partial charge in [0.05, 0.1) is 35.9 Å². The number of carbonyl (C=O) groups excluding carboxylic acids is 1. The first-order valence-corrected chi connectivity index (χ1v) is 10.1. The number of aromatic nitrogens is 7. The highest BCUT2D eigenvalue weighted by Gasteiger charge is 2.24. The summed E-state index contributed by atoms with van der Waals surface area (Å²) in [5.41, 5.74) is 1.16. The predicted molar refractivity (Wildman–Crippen MR) is 116 cm³/mol. The van der Waals surface area contributed by atoms with Crippen molar-refractivity contribution in [2.75, 3.05) is 18.5 Å². The zero-order chi connectivity index (χ0) is 22.5. The average molecular weight is 455 g/mol. The Bertz CT molecular complexity index is 1230. The minimum absolute atomic E-state index is 0.00727. The van der Waals surface area contributed by atoms with Crippen LogP contribution in [0.1, 0.15) is 12.6 Å². The number of halogens is 1. The number of anilines is 1. The summed E-state index contributed by atoms with van der Waals surface area (Å²) < 4.78 is 12.8. The molecule has 164 valence electrons. The van der Waals surface area contributed by atoms with Crippen LogP contribution in [0, 0.1) is 6.92 Å². The van der Waals surface area contributed by atoms with Crippen molar-refractivity contribution in [1.29, 1.82) is 0 Å². The van der Waals surface area contributed by atoms with Gasteiger partial charge in [0.2, 0.25) is 12.0 Å². The molecule has 1 unspecified atom stereocenters. The summed E-state index contributed by atoms with van der Waals surface area (Å²) in [5.74, 6) is 0.429. The molecule has 1 amide bonds. The largest absolute Gasteiger partial charge is 0.461 e. The van der Waals surface area contributed by atoms with Crippen LogP contribution < -0.4 is 10.1 Å². The van der Waals surface area contributed by atoms with Crippen molar-refractivity contribution in [3.8, 4) is 11.7 Å². The van der Waals surface area contributed by atoms with E-state index in [1.807, 2.05) is 6.92 Å². The van der Waals surface area contributed by atoms with Gasteiger partial charge in [-0.2, -0.15) is 9.78 Å². The summed E-state index contributed by atoms with van der Waals surface area (Å²) >= 11 is 6.25. The molecule has 0 aliphatic heterocycles. The molecule has 0 bridgehead atoms. The molecule has 4 aromatic heterocycles. The molecule has 1 atom stereocenters. The molecule has 0 aliphatic rings. The van der Waals surface area contributed by atoms with Crippen molar-refractivity contribution >= 4 is 34.4 Å². The van der Waals surface area contributed by atoms with Crippen molar-refractivity contribution in [3.05, 3.63) is 54.0 Å². The van der Waals surface area contributed by atoms with Gasteiger partial charge in [-0.25, -0.2) is 19.9 Å². The zero-order valence-corrected chi connectivity index (χ0v) is 18.0. The van der Waals surface area contributed by atoms with Crippen molar-refractivity contribution in [2.24, 2.45) is 0 Å². The van der Waals surface area contributed by atoms with Crippen LogP contribution in [-0.4, -0.2) is 59.9 Å². The highest BCUT2D eigenvalue weighted by molar-refractivity contribution is 6.32. The lowest BCUT2D eigenvalue weighted by Gasteiger charge is -2.18. The third kappa shape index (κ3) is 4.63. The van der Waals surface area contributed by atoms with Gasteiger partial charge in [0.1, 0.15) is 11.7 Å². The smallest absolute Gasteiger partial charge is 0.269 e. The van der Waals surface area contributed by atoms with Crippen LogP contribution in [0.3, 0.4) is 0 Å². The van der Waals surface area contributed by atoms with Gasteiger partial charge in [-0.3, -0.25) is 9.78 Å². The van der Waals surface area contributed by atoms with E-state index in [-0.39, 0.29) is 12.5 Å². The van der Waals surface area contributed by atoms with E-state index in [0.29, 0.717) is 34.3 Å². The number of nitrogens with one attached hydrogen (secondary N) is 1. The standard InChI is InChI=1S/C20H19ClN8O3/c1-3-31-10-15(19(30)28-16-9-23-12(2)7-24-16)32-20-13-8-27-29(17(13)25-11-26-20)18-14(21)5-4-6-22-18/h4-9,11,15H,3,10H2,1-2H3,(H,24,28,30). The van der Waals surface area contributed by atoms with Crippen LogP contribution in [0.4, 0.5) is 5.82 Å². The zero-order valence-electron chi connectivity index (χ0n) is 17.3. The minimum atomic E-state index is -1.00. The summed E-state index contributed by atoms with van der Waals surface area (Å²) in [5, 5.41) is 7.88. The Labute approximate surface area is 187 Å². The van der Waals surface area contributed by atoms with Gasteiger partial charge in [-0.1, -0.05) is 11.6 Å². The molecule has 0 aliphatic carbocycles. The van der Waals surface area contributed by atoms with E-state index >= 15 is 0 Å². The maximum Gasteiger partial charge on any atom is 0.269 e.